The van der Waals surface area contributed by atoms with E-state index in [1.54, 1.807) is 0 Å². The lowest BCUT2D eigenvalue weighted by molar-refractivity contribution is -0.383. The van der Waals surface area contributed by atoms with Gasteiger partial charge in [-0.05, 0) is 6.92 Å². The predicted octanol–water partition coefficient (Wildman–Crippen LogP) is -0.726. The molecule has 3 rings (SSSR count). The van der Waals surface area contributed by atoms with Crippen LogP contribution in [0.5, 0.6) is 0 Å². The van der Waals surface area contributed by atoms with E-state index in [0.717, 1.165) is 24.0 Å². The predicted molar refractivity (Wildman–Crippen MR) is 109 cm³/mol. The number of aliphatic hydroxyl groups is 2. The van der Waals surface area contributed by atoms with Crippen LogP contribution >= 0.6 is 23.5 Å². The number of nitrogens with zero attached hydrogens (tertiary/aromatic N) is 4. The Labute approximate surface area is 193 Å². The smallest absolute Gasteiger partial charge is 0.387 e. The topological polar surface area (TPSA) is 309 Å². The number of nitrogen functional groups attached to an aromatic ring is 1. The summed E-state index contributed by atoms with van der Waals surface area (Å²) in [6.45, 7) is -0.0225. The van der Waals surface area contributed by atoms with E-state index >= 15 is 0 Å². The van der Waals surface area contributed by atoms with E-state index in [9.17, 15) is 43.8 Å². The molecule has 1 fully saturated rings. The van der Waals surface area contributed by atoms with Gasteiger partial charge in [-0.3, -0.25) is 19.2 Å². The second kappa shape index (κ2) is 9.20. The molecule has 1 aliphatic heterocycles. The molecule has 0 radical (unpaired) electrons. The van der Waals surface area contributed by atoms with E-state index in [2.05, 4.69) is 23.1 Å². The van der Waals surface area contributed by atoms with E-state index in [1.807, 2.05) is 0 Å². The largest absolute Gasteiger partial charge is 0.490 e. The van der Waals surface area contributed by atoms with Gasteiger partial charge in [0.05, 0.1) is 17.7 Å². The fourth-order valence-electron chi connectivity index (χ4n) is 3.25. The van der Waals surface area contributed by atoms with Crippen LogP contribution in [0.3, 0.4) is 0 Å². The zero-order valence-corrected chi connectivity index (χ0v) is 19.8. The van der Waals surface area contributed by atoms with Gasteiger partial charge in [0.25, 0.3) is 5.69 Å². The van der Waals surface area contributed by atoms with Crippen molar-refractivity contribution in [2.75, 3.05) is 12.3 Å². The van der Waals surface area contributed by atoms with Crippen LogP contribution in [0.1, 0.15) is 13.2 Å². The minimum absolute atomic E-state index is 0.157. The van der Waals surface area contributed by atoms with Gasteiger partial charge in [0.1, 0.15) is 35.3 Å². The fourth-order valence-corrected chi connectivity index (χ4v) is 6.28. The second-order valence-corrected chi connectivity index (χ2v) is 11.6. The van der Waals surface area contributed by atoms with E-state index in [4.69, 9.17) is 20.3 Å². The van der Waals surface area contributed by atoms with Gasteiger partial charge >= 0.3 is 23.5 Å². The molecule has 20 nitrogen and oxygen atoms in total. The van der Waals surface area contributed by atoms with Gasteiger partial charge in [-0.25, -0.2) is 23.7 Å². The fraction of sp³-hybridized carbons (Fsp3) is 0.500. The Morgan fingerprint density at radius 3 is 2.43 bits per heavy atom. The molecule has 0 saturated carbocycles. The van der Waals surface area contributed by atoms with Crippen LogP contribution in [0.25, 0.3) is 11.0 Å². The lowest BCUT2D eigenvalue weighted by Gasteiger charge is -2.27. The molecular weight excluding hydrogens is 547 g/mol. The molecule has 1 saturated heterocycles. The Hall–Kier alpha value is -1.89. The summed E-state index contributed by atoms with van der Waals surface area (Å²) in [6, 6.07) is 0. The highest BCUT2D eigenvalue weighted by molar-refractivity contribution is 7.66. The molecule has 0 aromatic carbocycles. The van der Waals surface area contributed by atoms with Crippen molar-refractivity contribution in [3.8, 4) is 0 Å². The van der Waals surface area contributed by atoms with Gasteiger partial charge in [0, 0.05) is 0 Å². The minimum atomic E-state index is -5.78. The first kappa shape index (κ1) is 27.7. The SMILES string of the molecule is C[C@@]1(O)[C@H](O)[C@@H](COP(=O)(O)OP(=O)(O)OP(=O)(O)O)O[C@H]1n1cc([N+](=O)[O-])c2c(N)ncnc21. The molecule has 3 heterocycles. The number of aliphatic hydroxyl groups excluding tert-OH is 1. The Kier molecular flexibility index (Phi) is 7.28. The van der Waals surface area contributed by atoms with Gasteiger partial charge in [-0.1, -0.05) is 0 Å². The molecule has 8 N–H and O–H groups in total. The third-order valence-corrected chi connectivity index (χ3v) is 8.44. The summed E-state index contributed by atoms with van der Waals surface area (Å²) >= 11 is 0. The third kappa shape index (κ3) is 5.92. The molecule has 0 spiro atoms. The van der Waals surface area contributed by atoms with E-state index in [1.165, 1.54) is 0 Å². The van der Waals surface area contributed by atoms with Crippen LogP contribution in [0.2, 0.25) is 0 Å². The van der Waals surface area contributed by atoms with Crippen molar-refractivity contribution in [3.63, 3.8) is 0 Å². The van der Waals surface area contributed by atoms with Crippen molar-refractivity contribution in [1.29, 1.82) is 0 Å². The van der Waals surface area contributed by atoms with Crippen molar-refractivity contribution >= 4 is 46.0 Å². The van der Waals surface area contributed by atoms with Crippen LogP contribution < -0.4 is 5.73 Å². The molecule has 0 bridgehead atoms. The van der Waals surface area contributed by atoms with Gasteiger partial charge in [-0.15, -0.1) is 0 Å². The van der Waals surface area contributed by atoms with Crippen LogP contribution in [0.4, 0.5) is 11.5 Å². The summed E-state index contributed by atoms with van der Waals surface area (Å²) in [4.78, 5) is 54.0. The van der Waals surface area contributed by atoms with Crippen molar-refractivity contribution in [2.45, 2.75) is 31.0 Å². The summed E-state index contributed by atoms with van der Waals surface area (Å²) in [7, 11) is -16.9. The Morgan fingerprint density at radius 2 is 1.86 bits per heavy atom. The highest BCUT2D eigenvalue weighted by Gasteiger charge is 2.54. The quantitative estimate of drug-likeness (QED) is 0.112. The number of rotatable bonds is 9. The molecule has 6 atom stereocenters. The number of hydrogen-bond acceptors (Lipinski definition) is 14. The van der Waals surface area contributed by atoms with Crippen molar-refractivity contribution < 1.29 is 66.3 Å². The number of ether oxygens (including phenoxy) is 1. The molecule has 196 valence electrons. The van der Waals surface area contributed by atoms with Crippen LogP contribution in [-0.2, 0) is 31.6 Å². The molecule has 2 aromatic heterocycles. The Balaban J connectivity index is 1.84. The van der Waals surface area contributed by atoms with Gasteiger partial charge in [-0.2, -0.15) is 8.62 Å². The first-order valence-electron chi connectivity index (χ1n) is 8.94. The van der Waals surface area contributed by atoms with Crippen molar-refractivity contribution in [3.05, 3.63) is 22.6 Å². The molecule has 0 aliphatic carbocycles. The van der Waals surface area contributed by atoms with Gasteiger partial charge in [0.2, 0.25) is 0 Å². The number of phosphoric ester groups is 1. The minimum Gasteiger partial charge on any atom is -0.387 e. The van der Waals surface area contributed by atoms with Crippen LogP contribution in [0, 0.1) is 10.1 Å². The average Bonchev–Trinajstić information content (AvgIpc) is 3.14. The first-order chi connectivity index (χ1) is 15.8. The standard InChI is InChI=1S/C12H18N5O15P3/c1-12(19)8(18)6(3-29-34(25,26)32-35(27,28)31-33(22,23)24)30-11(12)16-2-5(17(20)21)7-9(13)14-4-15-10(7)16/h2,4,6,8,11,18-19H,3H2,1H3,(H,25,26)(H,27,28)(H2,13,14,15)(H2,22,23,24)/t6-,8-,11-,12-/m1/s1. The van der Waals surface area contributed by atoms with Crippen molar-refractivity contribution in [2.24, 2.45) is 0 Å². The zero-order chi connectivity index (χ0) is 26.6. The number of nitrogens with two attached hydrogens (primary N) is 1. The summed E-state index contributed by atoms with van der Waals surface area (Å²) in [5.74, 6) is -0.261. The number of anilines is 1. The Bertz CT molecular complexity index is 1290. The molecule has 2 unspecified atom stereocenters. The maximum Gasteiger partial charge on any atom is 0.490 e. The lowest BCUT2D eigenvalue weighted by Crippen LogP contribution is -2.44. The molecule has 0 amide bonds. The van der Waals surface area contributed by atoms with E-state index < -0.39 is 64.7 Å². The number of nitro groups is 1. The highest BCUT2D eigenvalue weighted by atomic mass is 31.3. The molecule has 35 heavy (non-hydrogen) atoms. The van der Waals surface area contributed by atoms with Gasteiger partial charge in [0.15, 0.2) is 11.9 Å². The first-order valence-corrected chi connectivity index (χ1v) is 13.5. The van der Waals surface area contributed by atoms with E-state index in [0.29, 0.717) is 0 Å². The molecule has 2 aromatic rings. The highest BCUT2D eigenvalue weighted by Crippen LogP contribution is 2.66. The molecule has 23 heteroatoms. The lowest BCUT2D eigenvalue weighted by atomic mass is 9.96. The number of hydrogen-bond donors (Lipinski definition) is 7. The van der Waals surface area contributed by atoms with Crippen LogP contribution in [0.15, 0.2) is 12.5 Å². The number of fused-ring (bicyclic) bond motifs is 1. The zero-order valence-electron chi connectivity index (χ0n) is 17.2. The normalized spacial score (nSPS) is 28.6. The van der Waals surface area contributed by atoms with E-state index in [-0.39, 0.29) is 16.9 Å². The van der Waals surface area contributed by atoms with Crippen molar-refractivity contribution in [1.82, 2.24) is 14.5 Å². The Morgan fingerprint density at radius 1 is 1.23 bits per heavy atom. The number of phosphoric acid groups is 3. The molecular formula is C12H18N5O15P3. The number of aromatic nitrogens is 3. The summed E-state index contributed by atoms with van der Waals surface area (Å²) in [5.41, 5.74) is 2.77. The maximum absolute atomic E-state index is 11.9. The molecule has 1 aliphatic rings. The van der Waals surface area contributed by atoms with Crippen LogP contribution in [-0.4, -0.2) is 73.7 Å². The summed E-state index contributed by atoms with van der Waals surface area (Å²) < 4.78 is 52.0. The van der Waals surface area contributed by atoms with Gasteiger partial charge < -0.3 is 40.3 Å². The summed E-state index contributed by atoms with van der Waals surface area (Å²) in [6.07, 6.45) is -3.24. The second-order valence-electron chi connectivity index (χ2n) is 7.22. The third-order valence-electron chi connectivity index (χ3n) is 4.64. The monoisotopic (exact) mass is 565 g/mol. The summed E-state index contributed by atoms with van der Waals surface area (Å²) in [5, 5.41) is 32.5. The maximum atomic E-state index is 11.9. The average molecular weight is 565 g/mol.